The maximum Gasteiger partial charge on any atom is 0.312 e. The molecule has 0 amide bonds. The van der Waals surface area contributed by atoms with E-state index in [1.807, 2.05) is 18.2 Å². The highest BCUT2D eigenvalue weighted by Gasteiger charge is 2.23. The lowest BCUT2D eigenvalue weighted by atomic mass is 10.0. The van der Waals surface area contributed by atoms with E-state index in [0.717, 1.165) is 19.5 Å². The molecule has 1 heterocycles. The number of ether oxygens (including phenoxy) is 1. The molecule has 0 saturated carbocycles. The van der Waals surface area contributed by atoms with Gasteiger partial charge in [-0.3, -0.25) is 9.69 Å². The van der Waals surface area contributed by atoms with Gasteiger partial charge in [0.25, 0.3) is 0 Å². The molecule has 7 heteroatoms. The largest absolute Gasteiger partial charge is 0.424 e. The average molecular weight is 458 g/mol. The molecule has 1 fully saturated rings. The summed E-state index contributed by atoms with van der Waals surface area (Å²) in [4.78, 5) is 15.0. The molecule has 0 spiro atoms. The van der Waals surface area contributed by atoms with E-state index in [1.54, 1.807) is 24.3 Å². The Bertz CT molecular complexity index is 790. The zero-order valence-corrected chi connectivity index (χ0v) is 18.8. The number of esters is 1. The third-order valence-corrected chi connectivity index (χ3v) is 5.74. The van der Waals surface area contributed by atoms with Crippen LogP contribution in [0.1, 0.15) is 39.0 Å². The number of benzene rings is 2. The van der Waals surface area contributed by atoms with Gasteiger partial charge in [0.05, 0.1) is 27.8 Å². The van der Waals surface area contributed by atoms with Gasteiger partial charge in [0.15, 0.2) is 5.75 Å². The molecule has 2 aromatic rings. The molecule has 1 atom stereocenters. The number of nitrogens with one attached hydrogen (secondary N) is 1. The molecule has 1 N–H and O–H groups in total. The number of rotatable bonds is 7. The maximum atomic E-state index is 12.6. The first kappa shape index (κ1) is 23.8. The highest BCUT2D eigenvalue weighted by molar-refractivity contribution is 6.39. The van der Waals surface area contributed by atoms with Crippen molar-refractivity contribution in [3.63, 3.8) is 0 Å². The zero-order chi connectivity index (χ0) is 19.9. The molecule has 0 aliphatic carbocycles. The monoisotopic (exact) mass is 456 g/mol. The number of halogens is 3. The molecule has 1 aliphatic heterocycles. The number of anilines is 2. The van der Waals surface area contributed by atoms with Crippen molar-refractivity contribution >= 4 is 53.0 Å². The Kier molecular flexibility index (Phi) is 9.57. The lowest BCUT2D eigenvalue weighted by Crippen LogP contribution is -2.40. The first-order valence-corrected chi connectivity index (χ1v) is 10.6. The topological polar surface area (TPSA) is 41.6 Å². The van der Waals surface area contributed by atoms with Gasteiger partial charge < -0.3 is 10.1 Å². The van der Waals surface area contributed by atoms with E-state index < -0.39 is 0 Å². The van der Waals surface area contributed by atoms with Crippen LogP contribution in [0.2, 0.25) is 10.0 Å². The summed E-state index contributed by atoms with van der Waals surface area (Å²) in [5.74, 6) is 0.244. The van der Waals surface area contributed by atoms with Crippen LogP contribution in [0.5, 0.6) is 5.75 Å². The standard InChI is InChI=1S/C22H26Cl2N2O2.ClH/c1-2-16(26-13-6-3-7-14-26)15-21(27)28-20-12-5-4-11-19(20)25-22-17(23)9-8-10-18(22)24;/h4-5,8-12,16,25H,2-3,6-7,13-15H2,1H3;1H. The Labute approximate surface area is 188 Å². The van der Waals surface area contributed by atoms with Crippen molar-refractivity contribution in [1.82, 2.24) is 4.90 Å². The molecule has 1 saturated heterocycles. The predicted molar refractivity (Wildman–Crippen MR) is 123 cm³/mol. The number of carbonyl (C=O) groups excluding carboxylic acids is 1. The number of likely N-dealkylation sites (tertiary alicyclic amines) is 1. The van der Waals surface area contributed by atoms with Crippen molar-refractivity contribution < 1.29 is 9.53 Å². The smallest absolute Gasteiger partial charge is 0.312 e. The van der Waals surface area contributed by atoms with Crippen LogP contribution >= 0.6 is 35.6 Å². The van der Waals surface area contributed by atoms with Gasteiger partial charge in [-0.1, -0.05) is 54.7 Å². The number of nitrogens with zero attached hydrogens (tertiary/aromatic N) is 1. The summed E-state index contributed by atoms with van der Waals surface area (Å²) >= 11 is 12.5. The van der Waals surface area contributed by atoms with Crippen molar-refractivity contribution in [1.29, 1.82) is 0 Å². The number of hydrogen-bond acceptors (Lipinski definition) is 4. The number of para-hydroxylation sites is 3. The summed E-state index contributed by atoms with van der Waals surface area (Å²) in [6, 6.07) is 12.8. The van der Waals surface area contributed by atoms with Gasteiger partial charge in [-0.2, -0.15) is 0 Å². The van der Waals surface area contributed by atoms with Gasteiger partial charge >= 0.3 is 5.97 Å². The molecule has 0 aromatic heterocycles. The quantitative estimate of drug-likeness (QED) is 0.370. The fourth-order valence-corrected chi connectivity index (χ4v) is 4.07. The van der Waals surface area contributed by atoms with E-state index in [1.165, 1.54) is 19.3 Å². The lowest BCUT2D eigenvalue weighted by Gasteiger charge is -2.33. The molecule has 1 unspecified atom stereocenters. The van der Waals surface area contributed by atoms with Crippen molar-refractivity contribution in [2.24, 2.45) is 0 Å². The van der Waals surface area contributed by atoms with Crippen LogP contribution in [0.25, 0.3) is 0 Å². The van der Waals surface area contributed by atoms with Crippen molar-refractivity contribution in [2.75, 3.05) is 18.4 Å². The molecule has 2 aromatic carbocycles. The van der Waals surface area contributed by atoms with Crippen molar-refractivity contribution in [3.8, 4) is 5.75 Å². The molecular weight excluding hydrogens is 431 g/mol. The van der Waals surface area contributed by atoms with E-state index in [9.17, 15) is 4.79 Å². The molecule has 0 radical (unpaired) electrons. The Balaban J connectivity index is 0.00000300. The highest BCUT2D eigenvalue weighted by atomic mass is 35.5. The van der Waals surface area contributed by atoms with Gasteiger partial charge in [0.1, 0.15) is 0 Å². The molecular formula is C22H27Cl3N2O2. The number of piperidine rings is 1. The molecule has 1 aliphatic rings. The van der Waals surface area contributed by atoms with E-state index in [-0.39, 0.29) is 24.4 Å². The summed E-state index contributed by atoms with van der Waals surface area (Å²) in [6.45, 7) is 4.26. The summed E-state index contributed by atoms with van der Waals surface area (Å²) in [5.41, 5.74) is 1.24. The second kappa shape index (κ2) is 11.7. The third-order valence-electron chi connectivity index (χ3n) is 5.11. The van der Waals surface area contributed by atoms with E-state index in [0.29, 0.717) is 33.6 Å². The molecule has 29 heavy (non-hydrogen) atoms. The lowest BCUT2D eigenvalue weighted by molar-refractivity contribution is -0.135. The van der Waals surface area contributed by atoms with Crippen LogP contribution < -0.4 is 10.1 Å². The van der Waals surface area contributed by atoms with Gasteiger partial charge in [0.2, 0.25) is 0 Å². The van der Waals surface area contributed by atoms with Gasteiger partial charge in [-0.05, 0) is 56.6 Å². The first-order chi connectivity index (χ1) is 13.6. The second-order valence-corrected chi connectivity index (χ2v) is 7.87. The predicted octanol–water partition coefficient (Wildman–Crippen LogP) is 6.72. The Hall–Kier alpha value is -1.46. The molecule has 0 bridgehead atoms. The van der Waals surface area contributed by atoms with Crippen LogP contribution in [0.3, 0.4) is 0 Å². The second-order valence-electron chi connectivity index (χ2n) is 7.05. The fourth-order valence-electron chi connectivity index (χ4n) is 3.58. The van der Waals surface area contributed by atoms with E-state index in [4.69, 9.17) is 27.9 Å². The van der Waals surface area contributed by atoms with Gasteiger partial charge in [0, 0.05) is 6.04 Å². The van der Waals surface area contributed by atoms with Crippen molar-refractivity contribution in [2.45, 2.75) is 45.1 Å². The Morgan fingerprint density at radius 1 is 1.07 bits per heavy atom. The molecule has 158 valence electrons. The van der Waals surface area contributed by atoms with Gasteiger partial charge in [-0.25, -0.2) is 0 Å². The highest BCUT2D eigenvalue weighted by Crippen LogP contribution is 2.35. The molecule has 3 rings (SSSR count). The van der Waals surface area contributed by atoms with E-state index >= 15 is 0 Å². The summed E-state index contributed by atoms with van der Waals surface area (Å²) in [5, 5.41) is 4.20. The van der Waals surface area contributed by atoms with Crippen LogP contribution in [0.15, 0.2) is 42.5 Å². The van der Waals surface area contributed by atoms with Crippen molar-refractivity contribution in [3.05, 3.63) is 52.5 Å². The maximum absolute atomic E-state index is 12.6. The van der Waals surface area contributed by atoms with Gasteiger partial charge in [-0.15, -0.1) is 12.4 Å². The summed E-state index contributed by atoms with van der Waals surface area (Å²) in [6.07, 6.45) is 5.01. The third kappa shape index (κ3) is 6.51. The minimum absolute atomic E-state index is 0. The Morgan fingerprint density at radius 2 is 1.72 bits per heavy atom. The minimum atomic E-state index is -0.225. The summed E-state index contributed by atoms with van der Waals surface area (Å²) < 4.78 is 5.71. The fraction of sp³-hybridized carbons (Fsp3) is 0.409. The number of carbonyl (C=O) groups is 1. The zero-order valence-electron chi connectivity index (χ0n) is 16.5. The SMILES string of the molecule is CCC(CC(=O)Oc1ccccc1Nc1c(Cl)cccc1Cl)N1CCCCC1.Cl. The minimum Gasteiger partial charge on any atom is -0.424 e. The average Bonchev–Trinajstić information content (AvgIpc) is 2.71. The van der Waals surface area contributed by atoms with Crippen LogP contribution in [-0.4, -0.2) is 30.0 Å². The van der Waals surface area contributed by atoms with E-state index in [2.05, 4.69) is 17.1 Å². The van der Waals surface area contributed by atoms with Crippen LogP contribution in [0, 0.1) is 0 Å². The van der Waals surface area contributed by atoms with Crippen LogP contribution in [0.4, 0.5) is 11.4 Å². The normalized spacial score (nSPS) is 15.3. The first-order valence-electron chi connectivity index (χ1n) is 9.83. The number of hydrogen-bond donors (Lipinski definition) is 1. The Morgan fingerprint density at radius 3 is 2.38 bits per heavy atom. The van der Waals surface area contributed by atoms with Crippen LogP contribution in [-0.2, 0) is 4.79 Å². The summed E-state index contributed by atoms with van der Waals surface area (Å²) in [7, 11) is 0. The molecule has 4 nitrogen and oxygen atoms in total.